The Bertz CT molecular complexity index is 485. The number of nitrogens with zero attached hydrogens (tertiary/aromatic N) is 1. The summed E-state index contributed by atoms with van der Waals surface area (Å²) in [4.78, 5) is 25.7. The van der Waals surface area contributed by atoms with Crippen LogP contribution in [0.1, 0.15) is 19.4 Å². The van der Waals surface area contributed by atoms with Crippen molar-refractivity contribution in [2.24, 2.45) is 0 Å². The van der Waals surface area contributed by atoms with E-state index in [1.807, 2.05) is 44.2 Å². The molecular weight excluding hydrogens is 254 g/mol. The summed E-state index contributed by atoms with van der Waals surface area (Å²) in [6.07, 6.45) is 0. The molecule has 1 saturated heterocycles. The van der Waals surface area contributed by atoms with Crippen molar-refractivity contribution in [2.45, 2.75) is 25.9 Å². The molecule has 0 unspecified atom stereocenters. The molecule has 0 bridgehead atoms. The number of hydrogen-bond acceptors (Lipinski definition) is 3. The molecule has 1 aliphatic rings. The van der Waals surface area contributed by atoms with Crippen molar-refractivity contribution in [3.05, 3.63) is 35.9 Å². The van der Waals surface area contributed by atoms with Gasteiger partial charge in [-0.1, -0.05) is 30.3 Å². The molecule has 1 fully saturated rings. The lowest BCUT2D eigenvalue weighted by atomic mass is 10.0. The Kier molecular flexibility index (Phi) is 4.39. The minimum Gasteiger partial charge on any atom is -0.350 e. The maximum Gasteiger partial charge on any atom is 0.242 e. The second-order valence-corrected chi connectivity index (χ2v) is 5.54. The summed E-state index contributed by atoms with van der Waals surface area (Å²) in [5.41, 5.74) is 0.464. The van der Waals surface area contributed by atoms with E-state index in [0.29, 0.717) is 19.6 Å². The Labute approximate surface area is 119 Å². The van der Waals surface area contributed by atoms with Gasteiger partial charge in [-0.05, 0) is 19.4 Å². The Morgan fingerprint density at radius 2 is 2.05 bits per heavy atom. The highest BCUT2D eigenvalue weighted by atomic mass is 16.2. The number of benzene rings is 1. The van der Waals surface area contributed by atoms with Crippen LogP contribution in [0, 0.1) is 0 Å². The molecule has 0 spiro atoms. The topological polar surface area (TPSA) is 61.4 Å². The molecule has 5 heteroatoms. The zero-order chi connectivity index (χ0) is 14.6. The average Bonchev–Trinajstić information content (AvgIpc) is 2.43. The Morgan fingerprint density at radius 1 is 1.35 bits per heavy atom. The summed E-state index contributed by atoms with van der Waals surface area (Å²) < 4.78 is 0. The van der Waals surface area contributed by atoms with Crippen LogP contribution < -0.4 is 10.6 Å². The molecule has 20 heavy (non-hydrogen) atoms. The van der Waals surface area contributed by atoms with Gasteiger partial charge in [0.15, 0.2) is 0 Å². The molecule has 1 heterocycles. The zero-order valence-electron chi connectivity index (χ0n) is 12.0. The van der Waals surface area contributed by atoms with Crippen LogP contribution in [0.25, 0.3) is 0 Å². The van der Waals surface area contributed by atoms with Crippen molar-refractivity contribution in [1.29, 1.82) is 0 Å². The molecule has 2 amide bonds. The van der Waals surface area contributed by atoms with E-state index in [4.69, 9.17) is 0 Å². The molecule has 1 aromatic rings. The average molecular weight is 275 g/mol. The first-order valence-electron chi connectivity index (χ1n) is 6.84. The highest BCUT2D eigenvalue weighted by Crippen LogP contribution is 2.11. The molecular formula is C15H21N3O2. The van der Waals surface area contributed by atoms with Crippen molar-refractivity contribution in [3.8, 4) is 0 Å². The van der Waals surface area contributed by atoms with Crippen LogP contribution in [0.5, 0.6) is 0 Å². The number of nitrogens with one attached hydrogen (secondary N) is 2. The molecule has 2 rings (SSSR count). The van der Waals surface area contributed by atoms with Crippen molar-refractivity contribution in [3.63, 3.8) is 0 Å². The van der Waals surface area contributed by atoms with E-state index < -0.39 is 5.54 Å². The van der Waals surface area contributed by atoms with Crippen molar-refractivity contribution < 1.29 is 9.59 Å². The number of piperazine rings is 1. The summed E-state index contributed by atoms with van der Waals surface area (Å²) in [5, 5.41) is 5.99. The summed E-state index contributed by atoms with van der Waals surface area (Å²) >= 11 is 0. The van der Waals surface area contributed by atoms with E-state index in [0.717, 1.165) is 5.56 Å². The fourth-order valence-corrected chi connectivity index (χ4v) is 2.25. The Hall–Kier alpha value is -1.88. The smallest absolute Gasteiger partial charge is 0.242 e. The largest absolute Gasteiger partial charge is 0.350 e. The molecule has 0 radical (unpaired) electrons. The fourth-order valence-electron chi connectivity index (χ4n) is 2.25. The number of carbonyl (C=O) groups is 2. The van der Waals surface area contributed by atoms with Gasteiger partial charge in [-0.15, -0.1) is 0 Å². The predicted molar refractivity (Wildman–Crippen MR) is 77.0 cm³/mol. The van der Waals surface area contributed by atoms with Gasteiger partial charge >= 0.3 is 0 Å². The van der Waals surface area contributed by atoms with Crippen molar-refractivity contribution >= 4 is 11.8 Å². The van der Waals surface area contributed by atoms with Crippen LogP contribution >= 0.6 is 0 Å². The van der Waals surface area contributed by atoms with Gasteiger partial charge < -0.3 is 15.5 Å². The SMILES string of the molecule is CC1(C)NCCN(CC(=O)NCc2ccccc2)C1=O. The number of amides is 2. The summed E-state index contributed by atoms with van der Waals surface area (Å²) in [6.45, 7) is 5.57. The van der Waals surface area contributed by atoms with Crippen molar-refractivity contribution in [2.75, 3.05) is 19.6 Å². The van der Waals surface area contributed by atoms with E-state index in [1.54, 1.807) is 4.90 Å². The molecule has 0 aromatic heterocycles. The van der Waals surface area contributed by atoms with E-state index in [1.165, 1.54) is 0 Å². The predicted octanol–water partition coefficient (Wildman–Crippen LogP) is 0.513. The summed E-state index contributed by atoms with van der Waals surface area (Å²) in [6, 6.07) is 9.72. The first-order valence-corrected chi connectivity index (χ1v) is 6.84. The fraction of sp³-hybridized carbons (Fsp3) is 0.467. The molecule has 0 aliphatic carbocycles. The Balaban J connectivity index is 1.84. The van der Waals surface area contributed by atoms with Crippen LogP contribution in [0.3, 0.4) is 0 Å². The molecule has 1 aliphatic heterocycles. The molecule has 5 nitrogen and oxygen atoms in total. The van der Waals surface area contributed by atoms with E-state index in [-0.39, 0.29) is 18.4 Å². The number of rotatable bonds is 4. The minimum atomic E-state index is -0.585. The molecule has 0 saturated carbocycles. The Morgan fingerprint density at radius 3 is 2.75 bits per heavy atom. The quantitative estimate of drug-likeness (QED) is 0.842. The zero-order valence-corrected chi connectivity index (χ0v) is 12.0. The normalized spacial score (nSPS) is 17.9. The van der Waals surface area contributed by atoms with E-state index in [9.17, 15) is 9.59 Å². The lowest BCUT2D eigenvalue weighted by Crippen LogP contribution is -2.62. The van der Waals surface area contributed by atoms with E-state index >= 15 is 0 Å². The third-order valence-corrected chi connectivity index (χ3v) is 3.44. The molecule has 1 aromatic carbocycles. The summed E-state index contributed by atoms with van der Waals surface area (Å²) in [7, 11) is 0. The number of hydrogen-bond donors (Lipinski definition) is 2. The highest BCUT2D eigenvalue weighted by Gasteiger charge is 2.35. The minimum absolute atomic E-state index is 0.0291. The van der Waals surface area contributed by atoms with E-state index in [2.05, 4.69) is 10.6 Å². The van der Waals surface area contributed by atoms with Crippen LogP contribution in [0.4, 0.5) is 0 Å². The lowest BCUT2D eigenvalue weighted by Gasteiger charge is -2.37. The molecule has 108 valence electrons. The van der Waals surface area contributed by atoms with Crippen LogP contribution in [0.15, 0.2) is 30.3 Å². The summed E-state index contributed by atoms with van der Waals surface area (Å²) in [5.74, 6) is -0.154. The van der Waals surface area contributed by atoms with Gasteiger partial charge in [0.1, 0.15) is 0 Å². The third-order valence-electron chi connectivity index (χ3n) is 3.44. The monoisotopic (exact) mass is 275 g/mol. The first kappa shape index (κ1) is 14.5. The van der Waals surface area contributed by atoms with Gasteiger partial charge in [0.25, 0.3) is 0 Å². The second-order valence-electron chi connectivity index (χ2n) is 5.54. The maximum atomic E-state index is 12.1. The van der Waals surface area contributed by atoms with Gasteiger partial charge in [-0.25, -0.2) is 0 Å². The highest BCUT2D eigenvalue weighted by molar-refractivity contribution is 5.90. The third kappa shape index (κ3) is 3.57. The van der Waals surface area contributed by atoms with Crippen molar-refractivity contribution in [1.82, 2.24) is 15.5 Å². The van der Waals surface area contributed by atoms with Gasteiger partial charge in [-0.2, -0.15) is 0 Å². The molecule has 2 N–H and O–H groups in total. The van der Waals surface area contributed by atoms with Crippen LogP contribution in [-0.4, -0.2) is 41.9 Å². The van der Waals surface area contributed by atoms with Gasteiger partial charge in [-0.3, -0.25) is 9.59 Å². The van der Waals surface area contributed by atoms with Crippen LogP contribution in [-0.2, 0) is 16.1 Å². The lowest BCUT2D eigenvalue weighted by molar-refractivity contribution is -0.143. The van der Waals surface area contributed by atoms with Gasteiger partial charge in [0.2, 0.25) is 11.8 Å². The van der Waals surface area contributed by atoms with Gasteiger partial charge in [0.05, 0.1) is 12.1 Å². The molecule has 0 atom stereocenters. The number of carbonyl (C=O) groups excluding carboxylic acids is 2. The van der Waals surface area contributed by atoms with Crippen LogP contribution in [0.2, 0.25) is 0 Å². The second kappa shape index (κ2) is 6.05. The van der Waals surface area contributed by atoms with Gasteiger partial charge in [0, 0.05) is 19.6 Å². The first-order chi connectivity index (χ1) is 9.49. The maximum absolute atomic E-state index is 12.1. The standard InChI is InChI=1S/C15H21N3O2/c1-15(2)14(20)18(9-8-17-15)11-13(19)16-10-12-6-4-3-5-7-12/h3-7,17H,8-11H2,1-2H3,(H,16,19).